The Labute approximate surface area is 84.4 Å². The van der Waals surface area contributed by atoms with Crippen molar-refractivity contribution in [1.82, 2.24) is 0 Å². The molecule has 13 heavy (non-hydrogen) atoms. The minimum Gasteiger partial charge on any atom is -0.376 e. The van der Waals surface area contributed by atoms with Crippen LogP contribution in [0, 0.1) is 0 Å². The Bertz CT molecular complexity index is 155. The first-order valence-electron chi connectivity index (χ1n) is 4.84. The van der Waals surface area contributed by atoms with Gasteiger partial charge in [0.1, 0.15) is 0 Å². The monoisotopic (exact) mass is 200 g/mol. The molecule has 0 amide bonds. The van der Waals surface area contributed by atoms with Crippen LogP contribution >= 0.6 is 9.24 Å². The minimum atomic E-state index is 0.167. The molecule has 0 aromatic rings. The molecule has 0 aliphatic carbocycles. The third-order valence-corrected chi connectivity index (χ3v) is 2.99. The van der Waals surface area contributed by atoms with E-state index in [1.165, 1.54) is 0 Å². The zero-order chi connectivity index (χ0) is 9.84. The summed E-state index contributed by atoms with van der Waals surface area (Å²) in [4.78, 5) is 0. The Kier molecular flexibility index (Phi) is 4.71. The topological polar surface area (TPSA) is 18.5 Å². The lowest BCUT2D eigenvalue weighted by molar-refractivity contribution is -0.0532. The molecule has 0 aromatic carbocycles. The van der Waals surface area contributed by atoms with E-state index in [-0.39, 0.29) is 18.0 Å². The fraction of sp³-hybridized carbons (Fsp3) is 1.00. The van der Waals surface area contributed by atoms with Crippen LogP contribution in [0.5, 0.6) is 0 Å². The Morgan fingerprint density at radius 2 is 2.31 bits per heavy atom. The second-order valence-electron chi connectivity index (χ2n) is 3.90. The molecule has 3 unspecified atom stereocenters. The maximum atomic E-state index is 5.81. The molecule has 1 fully saturated rings. The third-order valence-electron chi connectivity index (χ3n) is 2.22. The molecule has 1 aliphatic heterocycles. The normalized spacial score (nSPS) is 35.2. The van der Waals surface area contributed by atoms with Crippen molar-refractivity contribution in [2.45, 2.75) is 44.0 Å². The molecule has 0 bridgehead atoms. The highest BCUT2D eigenvalue weighted by Gasteiger charge is 2.25. The largest absolute Gasteiger partial charge is 0.376 e. The molecule has 0 aromatic heterocycles. The molecule has 1 rings (SSSR count). The van der Waals surface area contributed by atoms with Crippen LogP contribution in [0.25, 0.3) is 0 Å². The first-order valence-corrected chi connectivity index (χ1v) is 5.50. The van der Waals surface area contributed by atoms with Crippen molar-refractivity contribution in [3.63, 3.8) is 0 Å². The van der Waals surface area contributed by atoms with Crippen LogP contribution in [0.4, 0.5) is 0 Å². The van der Waals surface area contributed by atoms with Crippen molar-refractivity contribution in [2.24, 2.45) is 0 Å². The van der Waals surface area contributed by atoms with E-state index in [9.17, 15) is 0 Å². The molecule has 0 N–H and O–H groups in total. The molecule has 2 radical (unpaired) electrons. The van der Waals surface area contributed by atoms with Gasteiger partial charge in [0.25, 0.3) is 0 Å². The highest BCUT2D eigenvalue weighted by molar-refractivity contribution is 7.17. The van der Waals surface area contributed by atoms with Gasteiger partial charge >= 0.3 is 0 Å². The lowest BCUT2D eigenvalue weighted by Gasteiger charge is -2.32. The predicted molar refractivity (Wildman–Crippen MR) is 58.4 cm³/mol. The molecule has 0 spiro atoms. The molecule has 0 saturated carbocycles. The molecule has 4 heteroatoms. The SMILES string of the molecule is [B]C1COC(COC(C)C)C[C@H]1P. The number of rotatable bonds is 3. The van der Waals surface area contributed by atoms with Crippen LogP contribution in [0.15, 0.2) is 0 Å². The molecule has 74 valence electrons. The van der Waals surface area contributed by atoms with Crippen molar-refractivity contribution in [1.29, 1.82) is 0 Å². The average molecular weight is 200 g/mol. The van der Waals surface area contributed by atoms with Gasteiger partial charge in [-0.05, 0) is 31.7 Å². The predicted octanol–water partition coefficient (Wildman–Crippen LogP) is 1.40. The lowest BCUT2D eigenvalue weighted by atomic mass is 9.81. The summed E-state index contributed by atoms with van der Waals surface area (Å²) in [5.74, 6) is 0.167. The van der Waals surface area contributed by atoms with Gasteiger partial charge in [-0.15, -0.1) is 9.24 Å². The van der Waals surface area contributed by atoms with Gasteiger partial charge in [0.05, 0.1) is 26.7 Å². The Morgan fingerprint density at radius 1 is 1.62 bits per heavy atom. The van der Waals surface area contributed by atoms with Gasteiger partial charge in [0, 0.05) is 6.61 Å². The smallest absolute Gasteiger partial charge is 0.0814 e. The van der Waals surface area contributed by atoms with Crippen molar-refractivity contribution < 1.29 is 9.47 Å². The van der Waals surface area contributed by atoms with Gasteiger partial charge in [-0.25, -0.2) is 0 Å². The van der Waals surface area contributed by atoms with E-state index >= 15 is 0 Å². The Balaban J connectivity index is 2.21. The number of hydrogen-bond acceptors (Lipinski definition) is 2. The molecule has 2 nitrogen and oxygen atoms in total. The molecular weight excluding hydrogens is 182 g/mol. The first-order chi connectivity index (χ1) is 6.09. The summed E-state index contributed by atoms with van der Waals surface area (Å²) in [6.45, 7) is 5.41. The fourth-order valence-electron chi connectivity index (χ4n) is 1.33. The summed E-state index contributed by atoms with van der Waals surface area (Å²) in [7, 11) is 8.59. The maximum Gasteiger partial charge on any atom is 0.0814 e. The Hall–Kier alpha value is 0.415. The van der Waals surface area contributed by atoms with Crippen LogP contribution in [-0.2, 0) is 9.47 Å². The number of hydrogen-bond donors (Lipinski definition) is 0. The maximum absolute atomic E-state index is 5.81. The summed E-state index contributed by atoms with van der Waals surface area (Å²) >= 11 is 0. The van der Waals surface area contributed by atoms with Crippen LogP contribution < -0.4 is 0 Å². The quantitative estimate of drug-likeness (QED) is 0.506. The highest BCUT2D eigenvalue weighted by Crippen LogP contribution is 2.28. The van der Waals surface area contributed by atoms with E-state index < -0.39 is 0 Å². The van der Waals surface area contributed by atoms with Crippen LogP contribution in [0.3, 0.4) is 0 Å². The molecule has 1 heterocycles. The van der Waals surface area contributed by atoms with E-state index in [4.69, 9.17) is 17.3 Å². The van der Waals surface area contributed by atoms with Gasteiger partial charge in [0.15, 0.2) is 0 Å². The van der Waals surface area contributed by atoms with Crippen molar-refractivity contribution >= 4 is 17.1 Å². The van der Waals surface area contributed by atoms with E-state index in [0.717, 1.165) is 6.42 Å². The fourth-order valence-corrected chi connectivity index (χ4v) is 1.75. The second-order valence-corrected chi connectivity index (χ2v) is 4.76. The van der Waals surface area contributed by atoms with Gasteiger partial charge in [0.2, 0.25) is 0 Å². The van der Waals surface area contributed by atoms with Crippen molar-refractivity contribution in [3.8, 4) is 0 Å². The summed E-state index contributed by atoms with van der Waals surface area (Å²) in [6.07, 6.45) is 1.49. The zero-order valence-corrected chi connectivity index (χ0v) is 9.56. The van der Waals surface area contributed by atoms with Crippen LogP contribution in [0.1, 0.15) is 20.3 Å². The van der Waals surface area contributed by atoms with Gasteiger partial charge < -0.3 is 9.47 Å². The molecule has 4 atom stereocenters. The van der Waals surface area contributed by atoms with E-state index in [1.54, 1.807) is 0 Å². The van der Waals surface area contributed by atoms with Gasteiger partial charge in [-0.3, -0.25) is 0 Å². The summed E-state index contributed by atoms with van der Waals surface area (Å²) in [5.41, 5.74) is 0.467. The molecule has 1 aliphatic rings. The van der Waals surface area contributed by atoms with Crippen molar-refractivity contribution in [2.75, 3.05) is 13.2 Å². The number of ether oxygens (including phenoxy) is 2. The molecular formula is C9H18BO2P. The van der Waals surface area contributed by atoms with Gasteiger partial charge in [-0.2, -0.15) is 0 Å². The Morgan fingerprint density at radius 3 is 2.85 bits per heavy atom. The van der Waals surface area contributed by atoms with Crippen LogP contribution in [0.2, 0.25) is 5.82 Å². The third kappa shape index (κ3) is 3.97. The van der Waals surface area contributed by atoms with E-state index in [2.05, 4.69) is 9.24 Å². The van der Waals surface area contributed by atoms with Crippen LogP contribution in [-0.4, -0.2) is 38.9 Å². The zero-order valence-electron chi connectivity index (χ0n) is 8.40. The van der Waals surface area contributed by atoms with E-state index in [1.807, 2.05) is 13.8 Å². The average Bonchev–Trinajstić information content (AvgIpc) is 2.07. The summed E-state index contributed by atoms with van der Waals surface area (Å²) < 4.78 is 11.0. The first kappa shape index (κ1) is 11.5. The van der Waals surface area contributed by atoms with Gasteiger partial charge in [-0.1, -0.05) is 0 Å². The molecule has 1 saturated heterocycles. The standard InChI is InChI=1S/C9H18BO2P/c1-6(2)11-4-7-3-9(13)8(10)5-12-7/h6-9H,3-5,13H2,1-2H3/t7?,8?,9-/m1/s1. The van der Waals surface area contributed by atoms with E-state index in [0.29, 0.717) is 18.9 Å². The second kappa shape index (κ2) is 5.33. The lowest BCUT2D eigenvalue weighted by Crippen LogP contribution is -2.34. The van der Waals surface area contributed by atoms with Crippen molar-refractivity contribution in [3.05, 3.63) is 0 Å². The minimum absolute atomic E-state index is 0.167. The highest BCUT2D eigenvalue weighted by atomic mass is 31.0. The summed E-state index contributed by atoms with van der Waals surface area (Å²) in [5, 5.41) is 0. The summed E-state index contributed by atoms with van der Waals surface area (Å²) in [6, 6.07) is 0.